The lowest BCUT2D eigenvalue weighted by atomic mass is 9.78. The van der Waals surface area contributed by atoms with Crippen molar-refractivity contribution in [3.05, 3.63) is 64.7 Å². The van der Waals surface area contributed by atoms with E-state index in [9.17, 15) is 10.1 Å². The van der Waals surface area contributed by atoms with E-state index in [4.69, 9.17) is 16.4 Å². The summed E-state index contributed by atoms with van der Waals surface area (Å²) in [5.41, 5.74) is 1.89. The van der Waals surface area contributed by atoms with Gasteiger partial charge in [-0.05, 0) is 23.8 Å². The molecule has 0 radical (unpaired) electrons. The quantitative estimate of drug-likeness (QED) is 0.790. The van der Waals surface area contributed by atoms with Crippen LogP contribution in [-0.2, 0) is 15.2 Å². The number of hydroxylamine groups is 2. The fraction of sp³-hybridized carbons (Fsp3) is 0.263. The highest BCUT2D eigenvalue weighted by Gasteiger charge is 2.53. The van der Waals surface area contributed by atoms with E-state index in [2.05, 4.69) is 6.07 Å². The molecule has 0 aliphatic carbocycles. The molecule has 5 nitrogen and oxygen atoms in total. The summed E-state index contributed by atoms with van der Waals surface area (Å²) < 4.78 is 0. The van der Waals surface area contributed by atoms with Crippen LogP contribution in [0.1, 0.15) is 17.5 Å². The molecular weight excluding hydrogens is 338 g/mol. The van der Waals surface area contributed by atoms with Crippen LogP contribution < -0.4 is 4.90 Å². The summed E-state index contributed by atoms with van der Waals surface area (Å²) in [6.45, 7) is 0.0654. The van der Waals surface area contributed by atoms with E-state index in [0.717, 1.165) is 16.8 Å². The summed E-state index contributed by atoms with van der Waals surface area (Å²) in [6.07, 6.45) is -0.189. The fourth-order valence-electron chi connectivity index (χ4n) is 3.76. The van der Waals surface area contributed by atoms with E-state index in [-0.39, 0.29) is 12.5 Å². The highest BCUT2D eigenvalue weighted by atomic mass is 35.5. The third kappa shape index (κ3) is 2.34. The monoisotopic (exact) mass is 353 g/mol. The normalized spacial score (nSPS) is 25.9. The van der Waals surface area contributed by atoms with Crippen LogP contribution in [0.5, 0.6) is 0 Å². The highest BCUT2D eigenvalue weighted by Crippen LogP contribution is 2.50. The number of nitriles is 1. The van der Waals surface area contributed by atoms with Crippen LogP contribution in [-0.4, -0.2) is 30.7 Å². The molecule has 4 rings (SSSR count). The van der Waals surface area contributed by atoms with Gasteiger partial charge in [-0.2, -0.15) is 10.3 Å². The van der Waals surface area contributed by atoms with Gasteiger partial charge in [-0.15, -0.1) is 0 Å². The Morgan fingerprint density at radius 3 is 2.76 bits per heavy atom. The van der Waals surface area contributed by atoms with Crippen molar-refractivity contribution in [1.82, 2.24) is 5.06 Å². The first-order valence-electron chi connectivity index (χ1n) is 8.02. The molecule has 2 heterocycles. The summed E-state index contributed by atoms with van der Waals surface area (Å²) >= 11 is 6.30. The lowest BCUT2D eigenvalue weighted by molar-refractivity contribution is -0.173. The zero-order valence-electron chi connectivity index (χ0n) is 13.6. The van der Waals surface area contributed by atoms with Gasteiger partial charge >= 0.3 is 0 Å². The Morgan fingerprint density at radius 1 is 1.28 bits per heavy atom. The van der Waals surface area contributed by atoms with Crippen LogP contribution in [0.2, 0.25) is 5.02 Å². The van der Waals surface area contributed by atoms with Crippen LogP contribution in [0.15, 0.2) is 48.5 Å². The zero-order valence-corrected chi connectivity index (χ0v) is 14.4. The second kappa shape index (κ2) is 5.85. The largest absolute Gasteiger partial charge is 0.314 e. The Bertz CT molecular complexity index is 880. The molecule has 2 atom stereocenters. The predicted octanol–water partition coefficient (Wildman–Crippen LogP) is 3.09. The SMILES string of the molecule is CN1C(=O)CN2O[C@H](C#N)C[C@@]2(c2ccccc2)c2cc(Cl)ccc21. The smallest absolute Gasteiger partial charge is 0.243 e. The molecule has 2 aliphatic heterocycles. The lowest BCUT2D eigenvalue weighted by Crippen LogP contribution is -2.43. The third-order valence-corrected chi connectivity index (χ3v) is 5.21. The number of halogens is 1. The Labute approximate surface area is 150 Å². The van der Waals surface area contributed by atoms with Gasteiger partial charge in [-0.25, -0.2) is 0 Å². The Morgan fingerprint density at radius 2 is 2.04 bits per heavy atom. The molecule has 126 valence electrons. The molecule has 0 N–H and O–H groups in total. The number of anilines is 1. The molecule has 0 saturated carbocycles. The Hall–Kier alpha value is -2.39. The number of hydrogen-bond donors (Lipinski definition) is 0. The van der Waals surface area contributed by atoms with Crippen LogP contribution in [0.25, 0.3) is 0 Å². The van der Waals surface area contributed by atoms with Crippen molar-refractivity contribution in [2.24, 2.45) is 0 Å². The number of benzene rings is 2. The van der Waals surface area contributed by atoms with Crippen molar-refractivity contribution in [3.8, 4) is 6.07 Å². The molecule has 1 saturated heterocycles. The van der Waals surface area contributed by atoms with Crippen molar-refractivity contribution >= 4 is 23.2 Å². The molecule has 1 fully saturated rings. The number of carbonyl (C=O) groups is 1. The minimum atomic E-state index is -0.734. The van der Waals surface area contributed by atoms with E-state index in [1.54, 1.807) is 23.1 Å². The van der Waals surface area contributed by atoms with Gasteiger partial charge in [0.2, 0.25) is 5.91 Å². The lowest BCUT2D eigenvalue weighted by Gasteiger charge is -2.36. The fourth-order valence-corrected chi connectivity index (χ4v) is 3.94. The highest BCUT2D eigenvalue weighted by molar-refractivity contribution is 6.30. The average Bonchev–Trinajstić information content (AvgIpc) is 2.97. The second-order valence-electron chi connectivity index (χ2n) is 6.30. The maximum atomic E-state index is 12.7. The summed E-state index contributed by atoms with van der Waals surface area (Å²) in [4.78, 5) is 20.1. The van der Waals surface area contributed by atoms with Gasteiger partial charge in [0.05, 0.1) is 6.07 Å². The zero-order chi connectivity index (χ0) is 17.6. The molecule has 0 aromatic heterocycles. The molecule has 0 unspecified atom stereocenters. The molecule has 0 spiro atoms. The summed E-state index contributed by atoms with van der Waals surface area (Å²) in [5, 5.41) is 11.7. The second-order valence-corrected chi connectivity index (χ2v) is 6.74. The van der Waals surface area contributed by atoms with Crippen molar-refractivity contribution < 1.29 is 9.63 Å². The molecule has 1 amide bonds. The Kier molecular flexibility index (Phi) is 3.77. The van der Waals surface area contributed by atoms with Crippen LogP contribution in [0.3, 0.4) is 0 Å². The number of carbonyl (C=O) groups excluding carboxylic acids is 1. The van der Waals surface area contributed by atoms with Crippen LogP contribution in [0, 0.1) is 11.3 Å². The van der Waals surface area contributed by atoms with Gasteiger partial charge in [-0.3, -0.25) is 9.63 Å². The molecule has 2 aromatic carbocycles. The van der Waals surface area contributed by atoms with Crippen molar-refractivity contribution in [1.29, 1.82) is 5.26 Å². The van der Waals surface area contributed by atoms with Gasteiger partial charge in [0, 0.05) is 29.7 Å². The van der Waals surface area contributed by atoms with E-state index < -0.39 is 11.6 Å². The summed E-state index contributed by atoms with van der Waals surface area (Å²) in [7, 11) is 1.75. The van der Waals surface area contributed by atoms with E-state index in [1.165, 1.54) is 0 Å². The number of fused-ring (bicyclic) bond motifs is 3. The topological polar surface area (TPSA) is 56.6 Å². The van der Waals surface area contributed by atoms with E-state index in [0.29, 0.717) is 11.4 Å². The summed E-state index contributed by atoms with van der Waals surface area (Å²) in [6, 6.07) is 17.5. The van der Waals surface area contributed by atoms with Gasteiger partial charge in [0.1, 0.15) is 12.1 Å². The van der Waals surface area contributed by atoms with Gasteiger partial charge in [0.25, 0.3) is 0 Å². The first kappa shape index (κ1) is 16.1. The first-order chi connectivity index (χ1) is 12.1. The molecule has 0 bridgehead atoms. The number of hydrogen-bond acceptors (Lipinski definition) is 4. The molecular formula is C19H16ClN3O2. The predicted molar refractivity (Wildman–Crippen MR) is 93.9 cm³/mol. The van der Waals surface area contributed by atoms with Crippen molar-refractivity contribution in [2.75, 3.05) is 18.5 Å². The first-order valence-corrected chi connectivity index (χ1v) is 8.40. The maximum absolute atomic E-state index is 12.7. The average molecular weight is 354 g/mol. The van der Waals surface area contributed by atoms with Gasteiger partial charge < -0.3 is 4.90 Å². The number of nitrogens with zero attached hydrogens (tertiary/aromatic N) is 3. The maximum Gasteiger partial charge on any atom is 0.243 e. The third-order valence-electron chi connectivity index (χ3n) is 4.97. The molecule has 2 aliphatic rings. The minimum Gasteiger partial charge on any atom is -0.314 e. The van der Waals surface area contributed by atoms with Crippen molar-refractivity contribution in [2.45, 2.75) is 18.1 Å². The summed E-state index contributed by atoms with van der Waals surface area (Å²) in [5.74, 6) is -0.0973. The standard InChI is InChI=1S/C19H16ClN3O2/c1-22-17-8-7-14(20)9-16(17)19(13-5-3-2-4-6-13)10-15(11-21)25-23(19)12-18(22)24/h2-9,15H,10,12H2,1H3/t15-,19+/m0/s1. The molecule has 2 aromatic rings. The number of likely N-dealkylation sites (N-methyl/N-ethyl adjacent to an activating group) is 1. The van der Waals surface area contributed by atoms with Gasteiger partial charge in [0.15, 0.2) is 6.10 Å². The minimum absolute atomic E-state index is 0.0654. The van der Waals surface area contributed by atoms with Gasteiger partial charge in [-0.1, -0.05) is 41.9 Å². The molecule has 25 heavy (non-hydrogen) atoms. The Balaban J connectivity index is 2.04. The van der Waals surface area contributed by atoms with Crippen molar-refractivity contribution in [3.63, 3.8) is 0 Å². The number of rotatable bonds is 1. The molecule has 6 heteroatoms. The van der Waals surface area contributed by atoms with E-state index in [1.807, 2.05) is 42.5 Å². The number of amides is 1. The van der Waals surface area contributed by atoms with E-state index >= 15 is 0 Å². The van der Waals surface area contributed by atoms with Crippen LogP contribution >= 0.6 is 11.6 Å². The van der Waals surface area contributed by atoms with Crippen LogP contribution in [0.4, 0.5) is 5.69 Å².